The molecule has 0 aliphatic carbocycles. The smallest absolute Gasteiger partial charge is 0.360 e. The Balaban J connectivity index is 1.85. The van der Waals surface area contributed by atoms with Gasteiger partial charge in [0.2, 0.25) is 5.95 Å². The van der Waals surface area contributed by atoms with Crippen molar-refractivity contribution >= 4 is 34.9 Å². The lowest BCUT2D eigenvalue weighted by Gasteiger charge is -2.14. The number of aromatic nitrogens is 4. The zero-order chi connectivity index (χ0) is 18.0. The SMILES string of the molecule is Cc1cc(Nc2cnnc(Nc3ccc(Cl)cc3C(F)(F)F)n2)no1. The number of hydrogen-bond acceptors (Lipinski definition) is 7. The van der Waals surface area contributed by atoms with Crippen LogP contribution in [0.25, 0.3) is 0 Å². The van der Waals surface area contributed by atoms with Crippen LogP contribution in [0, 0.1) is 6.92 Å². The van der Waals surface area contributed by atoms with Gasteiger partial charge in [-0.15, -0.1) is 5.10 Å². The van der Waals surface area contributed by atoms with Crippen molar-refractivity contribution in [2.24, 2.45) is 0 Å². The van der Waals surface area contributed by atoms with E-state index < -0.39 is 11.7 Å². The fraction of sp³-hybridized carbons (Fsp3) is 0.143. The Bertz CT molecular complexity index is 898. The molecule has 11 heteroatoms. The molecule has 0 radical (unpaired) electrons. The van der Waals surface area contributed by atoms with E-state index in [1.807, 2.05) is 0 Å². The summed E-state index contributed by atoms with van der Waals surface area (Å²) in [5, 5.41) is 16.3. The molecule has 2 heterocycles. The number of nitrogens with zero attached hydrogens (tertiary/aromatic N) is 4. The molecule has 2 aromatic heterocycles. The first-order valence-electron chi connectivity index (χ1n) is 6.85. The summed E-state index contributed by atoms with van der Waals surface area (Å²) in [5.41, 5.74) is -1.18. The minimum Gasteiger partial charge on any atom is -0.360 e. The van der Waals surface area contributed by atoms with E-state index in [9.17, 15) is 13.2 Å². The molecule has 0 aliphatic rings. The van der Waals surface area contributed by atoms with Crippen molar-refractivity contribution in [1.82, 2.24) is 20.3 Å². The highest BCUT2D eigenvalue weighted by atomic mass is 35.5. The molecule has 3 aromatic rings. The van der Waals surface area contributed by atoms with E-state index in [4.69, 9.17) is 16.1 Å². The molecule has 2 N–H and O–H groups in total. The third-order valence-electron chi connectivity index (χ3n) is 2.98. The summed E-state index contributed by atoms with van der Waals surface area (Å²) in [6.45, 7) is 1.71. The molecule has 0 saturated heterocycles. The second-order valence-electron chi connectivity index (χ2n) is 4.93. The molecular formula is C14H10ClF3N6O. The van der Waals surface area contributed by atoms with Crippen LogP contribution in [-0.4, -0.2) is 20.3 Å². The average molecular weight is 371 g/mol. The van der Waals surface area contributed by atoms with Crippen LogP contribution in [0.5, 0.6) is 0 Å². The van der Waals surface area contributed by atoms with Crippen molar-refractivity contribution in [2.45, 2.75) is 13.1 Å². The maximum absolute atomic E-state index is 13.1. The van der Waals surface area contributed by atoms with Crippen molar-refractivity contribution in [1.29, 1.82) is 0 Å². The van der Waals surface area contributed by atoms with Crippen molar-refractivity contribution in [3.8, 4) is 0 Å². The number of halogens is 4. The van der Waals surface area contributed by atoms with Gasteiger partial charge in [0.1, 0.15) is 5.76 Å². The Labute approximate surface area is 144 Å². The van der Waals surface area contributed by atoms with Gasteiger partial charge in [-0.1, -0.05) is 16.8 Å². The van der Waals surface area contributed by atoms with Crippen LogP contribution >= 0.6 is 11.6 Å². The summed E-state index contributed by atoms with van der Waals surface area (Å²) in [4.78, 5) is 4.04. The molecule has 7 nitrogen and oxygen atoms in total. The van der Waals surface area contributed by atoms with Gasteiger partial charge in [-0.25, -0.2) is 0 Å². The molecule has 0 unspecified atom stereocenters. The first kappa shape index (κ1) is 17.0. The monoisotopic (exact) mass is 370 g/mol. The lowest BCUT2D eigenvalue weighted by molar-refractivity contribution is -0.136. The van der Waals surface area contributed by atoms with Gasteiger partial charge in [0, 0.05) is 11.1 Å². The van der Waals surface area contributed by atoms with Crippen LogP contribution in [0.15, 0.2) is 35.0 Å². The van der Waals surface area contributed by atoms with Crippen LogP contribution in [0.2, 0.25) is 5.02 Å². The number of nitrogens with one attached hydrogen (secondary N) is 2. The number of hydrogen-bond donors (Lipinski definition) is 2. The summed E-state index contributed by atoms with van der Waals surface area (Å²) >= 11 is 5.65. The molecular weight excluding hydrogens is 361 g/mol. The second kappa shape index (κ2) is 6.55. The highest BCUT2D eigenvalue weighted by molar-refractivity contribution is 6.30. The number of rotatable bonds is 4. The number of benzene rings is 1. The van der Waals surface area contributed by atoms with Crippen LogP contribution in [-0.2, 0) is 6.18 Å². The molecule has 0 fully saturated rings. The molecule has 1 aromatic carbocycles. The normalized spacial score (nSPS) is 11.4. The molecule has 130 valence electrons. The summed E-state index contributed by atoms with van der Waals surface area (Å²) < 4.78 is 44.2. The van der Waals surface area contributed by atoms with Gasteiger partial charge in [0.05, 0.1) is 17.4 Å². The van der Waals surface area contributed by atoms with Crippen molar-refractivity contribution < 1.29 is 17.7 Å². The first-order valence-corrected chi connectivity index (χ1v) is 7.23. The molecule has 25 heavy (non-hydrogen) atoms. The molecule has 0 amide bonds. The fourth-order valence-corrected chi connectivity index (χ4v) is 2.13. The van der Waals surface area contributed by atoms with Crippen molar-refractivity contribution in [2.75, 3.05) is 10.6 Å². The molecule has 0 spiro atoms. The lowest BCUT2D eigenvalue weighted by Crippen LogP contribution is -2.10. The summed E-state index contributed by atoms with van der Waals surface area (Å²) in [6.07, 6.45) is -3.30. The van der Waals surface area contributed by atoms with E-state index in [-0.39, 0.29) is 22.5 Å². The predicted octanol–water partition coefficient (Wildman–Crippen LogP) is 4.33. The Morgan fingerprint density at radius 3 is 2.60 bits per heavy atom. The fourth-order valence-electron chi connectivity index (χ4n) is 1.95. The number of aryl methyl sites for hydroxylation is 1. The Morgan fingerprint density at radius 2 is 1.92 bits per heavy atom. The van der Waals surface area contributed by atoms with Gasteiger partial charge < -0.3 is 15.2 Å². The van der Waals surface area contributed by atoms with E-state index in [2.05, 4.69) is 31.0 Å². The molecule has 0 atom stereocenters. The maximum atomic E-state index is 13.1. The second-order valence-corrected chi connectivity index (χ2v) is 5.36. The van der Waals surface area contributed by atoms with E-state index in [1.54, 1.807) is 13.0 Å². The van der Waals surface area contributed by atoms with Crippen LogP contribution in [0.3, 0.4) is 0 Å². The minimum atomic E-state index is -4.59. The van der Waals surface area contributed by atoms with Gasteiger partial charge in [-0.3, -0.25) is 0 Å². The van der Waals surface area contributed by atoms with Gasteiger partial charge in [-0.05, 0) is 25.1 Å². The van der Waals surface area contributed by atoms with Crippen molar-refractivity contribution in [3.05, 3.63) is 46.8 Å². The van der Waals surface area contributed by atoms with Crippen molar-refractivity contribution in [3.63, 3.8) is 0 Å². The maximum Gasteiger partial charge on any atom is 0.418 e. The molecule has 0 bridgehead atoms. The molecule has 3 rings (SSSR count). The van der Waals surface area contributed by atoms with E-state index in [1.165, 1.54) is 18.3 Å². The quantitative estimate of drug-likeness (QED) is 0.706. The highest BCUT2D eigenvalue weighted by Crippen LogP contribution is 2.37. The Morgan fingerprint density at radius 1 is 1.12 bits per heavy atom. The van der Waals surface area contributed by atoms with Gasteiger partial charge >= 0.3 is 6.18 Å². The van der Waals surface area contributed by atoms with Crippen LogP contribution < -0.4 is 10.6 Å². The minimum absolute atomic E-state index is 0.0336. The van der Waals surface area contributed by atoms with Crippen LogP contribution in [0.1, 0.15) is 11.3 Å². The number of anilines is 4. The lowest BCUT2D eigenvalue weighted by atomic mass is 10.1. The van der Waals surface area contributed by atoms with E-state index in [0.29, 0.717) is 11.6 Å². The zero-order valence-electron chi connectivity index (χ0n) is 12.6. The van der Waals surface area contributed by atoms with E-state index >= 15 is 0 Å². The zero-order valence-corrected chi connectivity index (χ0v) is 13.4. The average Bonchev–Trinajstić information content (AvgIpc) is 2.93. The van der Waals surface area contributed by atoms with Gasteiger partial charge in [0.25, 0.3) is 0 Å². The highest BCUT2D eigenvalue weighted by Gasteiger charge is 2.34. The summed E-state index contributed by atoms with van der Waals surface area (Å²) in [7, 11) is 0. The third kappa shape index (κ3) is 4.15. The largest absolute Gasteiger partial charge is 0.418 e. The summed E-state index contributed by atoms with van der Waals surface area (Å²) in [6, 6.07) is 4.95. The molecule has 0 saturated carbocycles. The van der Waals surface area contributed by atoms with E-state index in [0.717, 1.165) is 6.07 Å². The standard InChI is InChI=1S/C14H10ClF3N6O/c1-7-4-11(24-25-7)21-12-6-19-23-13(22-12)20-10-3-2-8(15)5-9(10)14(16,17)18/h2-6H,1H3,(H2,20,21,22,23,24). The third-order valence-corrected chi connectivity index (χ3v) is 3.21. The Kier molecular flexibility index (Phi) is 4.45. The Hall–Kier alpha value is -2.88. The van der Waals surface area contributed by atoms with Gasteiger partial charge in [0.15, 0.2) is 11.6 Å². The first-order chi connectivity index (χ1) is 11.8. The van der Waals surface area contributed by atoms with Gasteiger partial charge in [-0.2, -0.15) is 23.3 Å². The predicted molar refractivity (Wildman–Crippen MR) is 84.1 cm³/mol. The topological polar surface area (TPSA) is 88.8 Å². The summed E-state index contributed by atoms with van der Waals surface area (Å²) in [5.74, 6) is 1.07. The molecule has 0 aliphatic heterocycles. The number of alkyl halides is 3. The van der Waals surface area contributed by atoms with Crippen LogP contribution in [0.4, 0.5) is 36.4 Å².